The van der Waals surface area contributed by atoms with Crippen LogP contribution in [0.5, 0.6) is 0 Å². The van der Waals surface area contributed by atoms with Crippen LogP contribution < -0.4 is 22.9 Å². The monoisotopic (exact) mass is 332 g/mol. The molecule has 23 heavy (non-hydrogen) atoms. The van der Waals surface area contributed by atoms with Crippen molar-refractivity contribution in [1.82, 2.24) is 0 Å². The first-order valence-corrected chi connectivity index (χ1v) is 7.84. The number of hydrogen-bond acceptors (Lipinski definition) is 4. The molecule has 8 N–H and O–H groups in total. The van der Waals surface area contributed by atoms with Gasteiger partial charge in [-0.05, 0) is 48.5 Å². The summed E-state index contributed by atoms with van der Waals surface area (Å²) in [5.41, 5.74) is 24.3. The van der Waals surface area contributed by atoms with E-state index in [1.165, 1.54) is 0 Å². The van der Waals surface area contributed by atoms with Gasteiger partial charge >= 0.3 is 10.2 Å². The Morgan fingerprint density at radius 2 is 1.00 bits per heavy atom. The highest BCUT2D eigenvalue weighted by Gasteiger charge is 2.11. The van der Waals surface area contributed by atoms with E-state index in [1.807, 2.05) is 0 Å². The van der Waals surface area contributed by atoms with Gasteiger partial charge < -0.3 is 22.9 Å². The number of nitrogens with two attached hydrogens (primary N) is 4. The highest BCUT2D eigenvalue weighted by molar-refractivity contribution is 7.89. The molecule has 0 aliphatic rings. The molecule has 2 aromatic carbocycles. The highest BCUT2D eigenvalue weighted by Crippen LogP contribution is 2.09. The van der Waals surface area contributed by atoms with E-state index >= 15 is 0 Å². The second-order valence-electron chi connectivity index (χ2n) is 4.64. The Kier molecular flexibility index (Phi) is 4.51. The van der Waals surface area contributed by atoms with Gasteiger partial charge in [0.15, 0.2) is 0 Å². The van der Waals surface area contributed by atoms with Crippen LogP contribution in [0.4, 0.5) is 11.4 Å². The lowest BCUT2D eigenvalue weighted by molar-refractivity contribution is 0.600. The summed E-state index contributed by atoms with van der Waals surface area (Å²) in [6, 6.07) is 12.5. The van der Waals surface area contributed by atoms with Crippen LogP contribution >= 0.6 is 0 Å². The Labute approximate surface area is 133 Å². The van der Waals surface area contributed by atoms with E-state index in [9.17, 15) is 8.42 Å². The lowest BCUT2D eigenvalue weighted by Gasteiger charge is -2.02. The summed E-state index contributed by atoms with van der Waals surface area (Å²) in [6.07, 6.45) is 0. The number of nitrogens with zero attached hydrogens (tertiary/aromatic N) is 2. The van der Waals surface area contributed by atoms with E-state index in [0.29, 0.717) is 22.5 Å². The van der Waals surface area contributed by atoms with Crippen LogP contribution in [0.2, 0.25) is 0 Å². The second kappa shape index (κ2) is 6.36. The molecule has 9 heteroatoms. The number of rotatable bonds is 4. The molecular formula is C14H16N6O2S. The van der Waals surface area contributed by atoms with Crippen molar-refractivity contribution in [2.75, 3.05) is 11.5 Å². The molecule has 0 bridgehead atoms. The van der Waals surface area contributed by atoms with Crippen LogP contribution in [0.1, 0.15) is 11.1 Å². The lowest BCUT2D eigenvalue weighted by Crippen LogP contribution is -2.18. The molecule has 0 radical (unpaired) electrons. The number of hydrogen-bond donors (Lipinski definition) is 4. The molecule has 0 saturated carbocycles. The van der Waals surface area contributed by atoms with Crippen molar-refractivity contribution >= 4 is 33.3 Å². The summed E-state index contributed by atoms with van der Waals surface area (Å²) in [5.74, 6) is -0.419. The van der Waals surface area contributed by atoms with E-state index in [1.54, 1.807) is 48.5 Å². The Morgan fingerprint density at radius 1 is 0.696 bits per heavy atom. The standard InChI is InChI=1S/C14H16N6O2S/c15-11-5-1-9(2-6-11)13(17)19-23(21,22)20-14(18)10-3-7-12(16)8-4-10/h1-8H,15-16H2,(H2,17,19)(H2,18,20). The molecule has 0 heterocycles. The molecule has 0 saturated heterocycles. The maximum atomic E-state index is 11.9. The van der Waals surface area contributed by atoms with E-state index in [2.05, 4.69) is 8.80 Å². The SMILES string of the molecule is N/C(=N\S(=O)(=O)/N=C(\N)c1ccc(N)cc1)c1ccc(N)cc1. The predicted octanol–water partition coefficient (Wildman–Crippen LogP) is 0.207. The first-order chi connectivity index (χ1) is 10.8. The number of benzene rings is 2. The topological polar surface area (TPSA) is 163 Å². The van der Waals surface area contributed by atoms with Gasteiger partial charge in [0, 0.05) is 22.5 Å². The quantitative estimate of drug-likeness (QED) is 0.355. The minimum absolute atomic E-state index is 0.209. The van der Waals surface area contributed by atoms with E-state index in [-0.39, 0.29) is 11.7 Å². The van der Waals surface area contributed by atoms with Crippen LogP contribution in [0.3, 0.4) is 0 Å². The summed E-state index contributed by atoms with van der Waals surface area (Å²) in [5, 5.41) is 0. The van der Waals surface area contributed by atoms with Gasteiger partial charge in [-0.15, -0.1) is 8.80 Å². The molecule has 2 rings (SSSR count). The van der Waals surface area contributed by atoms with Crippen molar-refractivity contribution in [3.05, 3.63) is 59.7 Å². The fourth-order valence-electron chi connectivity index (χ4n) is 1.68. The fourth-order valence-corrected chi connectivity index (χ4v) is 2.43. The first-order valence-electron chi connectivity index (χ1n) is 6.44. The van der Waals surface area contributed by atoms with Gasteiger partial charge in [0.05, 0.1) is 0 Å². The number of nitrogen functional groups attached to an aromatic ring is 2. The summed E-state index contributed by atoms with van der Waals surface area (Å²) in [7, 11) is -4.23. The third-order valence-electron chi connectivity index (χ3n) is 2.84. The maximum absolute atomic E-state index is 11.9. The number of anilines is 2. The Morgan fingerprint density at radius 3 is 1.30 bits per heavy atom. The summed E-state index contributed by atoms with van der Waals surface area (Å²) < 4.78 is 30.7. The fraction of sp³-hybridized carbons (Fsp3) is 0. The molecule has 0 fully saturated rings. The molecule has 120 valence electrons. The van der Waals surface area contributed by atoms with E-state index < -0.39 is 10.2 Å². The molecule has 8 nitrogen and oxygen atoms in total. The van der Waals surface area contributed by atoms with Crippen molar-refractivity contribution < 1.29 is 8.42 Å². The zero-order valence-electron chi connectivity index (χ0n) is 12.0. The van der Waals surface area contributed by atoms with Crippen LogP contribution in [0.25, 0.3) is 0 Å². The lowest BCUT2D eigenvalue weighted by atomic mass is 10.2. The van der Waals surface area contributed by atoms with Crippen molar-refractivity contribution in [3.63, 3.8) is 0 Å². The second-order valence-corrected chi connectivity index (χ2v) is 5.91. The zero-order chi connectivity index (χ0) is 17.0. The molecular weight excluding hydrogens is 316 g/mol. The minimum atomic E-state index is -4.23. The maximum Gasteiger partial charge on any atom is 0.366 e. The van der Waals surface area contributed by atoms with E-state index in [0.717, 1.165) is 0 Å². The Balaban J connectivity index is 2.30. The van der Waals surface area contributed by atoms with Gasteiger partial charge in [-0.2, -0.15) is 8.42 Å². The van der Waals surface area contributed by atoms with Crippen LogP contribution in [-0.4, -0.2) is 20.1 Å². The van der Waals surface area contributed by atoms with Gasteiger partial charge in [-0.25, -0.2) is 0 Å². The smallest absolute Gasteiger partial charge is 0.366 e. The largest absolute Gasteiger partial charge is 0.399 e. The van der Waals surface area contributed by atoms with Crippen LogP contribution in [0, 0.1) is 0 Å². The molecule has 2 aromatic rings. The number of amidine groups is 2. The van der Waals surface area contributed by atoms with Crippen molar-refractivity contribution in [2.24, 2.45) is 20.3 Å². The zero-order valence-corrected chi connectivity index (χ0v) is 12.9. The molecule has 0 aliphatic heterocycles. The molecule has 0 spiro atoms. The Bertz CT molecular complexity index is 788. The molecule has 0 aromatic heterocycles. The van der Waals surface area contributed by atoms with Gasteiger partial charge in [0.2, 0.25) is 0 Å². The molecule has 0 aliphatic carbocycles. The van der Waals surface area contributed by atoms with Crippen molar-refractivity contribution in [3.8, 4) is 0 Å². The minimum Gasteiger partial charge on any atom is -0.399 e. The average Bonchev–Trinajstić information content (AvgIpc) is 2.47. The van der Waals surface area contributed by atoms with Crippen molar-refractivity contribution in [2.45, 2.75) is 0 Å². The molecule has 0 amide bonds. The molecule has 0 atom stereocenters. The summed E-state index contributed by atoms with van der Waals surface area (Å²) in [4.78, 5) is 0. The van der Waals surface area contributed by atoms with Gasteiger partial charge in [-0.1, -0.05) is 0 Å². The van der Waals surface area contributed by atoms with E-state index in [4.69, 9.17) is 22.9 Å². The van der Waals surface area contributed by atoms with Crippen molar-refractivity contribution in [1.29, 1.82) is 0 Å². The van der Waals surface area contributed by atoms with Gasteiger partial charge in [0.25, 0.3) is 0 Å². The summed E-state index contributed by atoms with van der Waals surface area (Å²) in [6.45, 7) is 0. The van der Waals surface area contributed by atoms with Crippen LogP contribution in [-0.2, 0) is 10.2 Å². The highest BCUT2D eigenvalue weighted by atomic mass is 32.2. The normalized spacial score (nSPS) is 13.0. The Hall–Kier alpha value is -3.07. The summed E-state index contributed by atoms with van der Waals surface area (Å²) >= 11 is 0. The first kappa shape index (κ1) is 16.3. The third-order valence-corrected chi connectivity index (χ3v) is 3.70. The third kappa shape index (κ3) is 4.45. The predicted molar refractivity (Wildman–Crippen MR) is 92.1 cm³/mol. The van der Waals surface area contributed by atoms with Gasteiger partial charge in [-0.3, -0.25) is 0 Å². The average molecular weight is 332 g/mol. The molecule has 0 unspecified atom stereocenters. The van der Waals surface area contributed by atoms with Crippen LogP contribution in [0.15, 0.2) is 57.3 Å². The van der Waals surface area contributed by atoms with Gasteiger partial charge in [0.1, 0.15) is 11.7 Å².